The summed E-state index contributed by atoms with van der Waals surface area (Å²) in [5.74, 6) is 1.06. The Labute approximate surface area is 152 Å². The first-order valence-electron chi connectivity index (χ1n) is 8.95. The van der Waals surface area contributed by atoms with Crippen LogP contribution in [0.1, 0.15) is 23.8 Å². The number of hydrogen-bond acceptors (Lipinski definition) is 2. The third kappa shape index (κ3) is 2.88. The lowest BCUT2D eigenvalue weighted by molar-refractivity contribution is -0.129. The van der Waals surface area contributed by atoms with Crippen LogP contribution in [-0.4, -0.2) is 22.8 Å². The SMILES string of the molecule is CCc1oc2ccccc2c1CN(C)C(=O)Cc1c[nH]c2ccccc12. The predicted octanol–water partition coefficient (Wildman–Crippen LogP) is 4.68. The zero-order chi connectivity index (χ0) is 18.1. The van der Waals surface area contributed by atoms with Crippen molar-refractivity contribution in [2.75, 3.05) is 7.05 Å². The number of nitrogens with zero attached hydrogens (tertiary/aromatic N) is 1. The van der Waals surface area contributed by atoms with E-state index in [1.807, 2.05) is 55.7 Å². The van der Waals surface area contributed by atoms with Gasteiger partial charge in [0.05, 0.1) is 6.42 Å². The third-order valence-electron chi connectivity index (χ3n) is 4.94. The van der Waals surface area contributed by atoms with Crippen LogP contribution in [0.2, 0.25) is 0 Å². The van der Waals surface area contributed by atoms with E-state index in [1.165, 1.54) is 0 Å². The zero-order valence-corrected chi connectivity index (χ0v) is 15.1. The minimum Gasteiger partial charge on any atom is -0.461 e. The van der Waals surface area contributed by atoms with Crippen molar-refractivity contribution in [2.24, 2.45) is 0 Å². The lowest BCUT2D eigenvalue weighted by Gasteiger charge is -2.17. The molecule has 4 aromatic rings. The van der Waals surface area contributed by atoms with Crippen LogP contribution in [-0.2, 0) is 24.2 Å². The molecule has 132 valence electrons. The number of aromatic nitrogens is 1. The maximum atomic E-state index is 12.8. The van der Waals surface area contributed by atoms with Crippen molar-refractivity contribution in [3.8, 4) is 0 Å². The summed E-state index contributed by atoms with van der Waals surface area (Å²) in [6, 6.07) is 16.1. The van der Waals surface area contributed by atoms with Crippen LogP contribution in [0.4, 0.5) is 0 Å². The molecule has 2 aromatic carbocycles. The summed E-state index contributed by atoms with van der Waals surface area (Å²) in [5, 5.41) is 2.20. The van der Waals surface area contributed by atoms with Gasteiger partial charge in [-0.25, -0.2) is 0 Å². The molecule has 0 fully saturated rings. The molecule has 4 nitrogen and oxygen atoms in total. The molecule has 26 heavy (non-hydrogen) atoms. The number of carbonyl (C=O) groups is 1. The second kappa shape index (κ2) is 6.71. The van der Waals surface area contributed by atoms with Crippen molar-refractivity contribution in [3.63, 3.8) is 0 Å². The maximum absolute atomic E-state index is 12.8. The van der Waals surface area contributed by atoms with Crippen LogP contribution in [0, 0.1) is 0 Å². The first-order chi connectivity index (χ1) is 12.7. The number of H-pyrrole nitrogens is 1. The summed E-state index contributed by atoms with van der Waals surface area (Å²) in [6.07, 6.45) is 3.13. The lowest BCUT2D eigenvalue weighted by atomic mass is 10.1. The van der Waals surface area contributed by atoms with E-state index in [9.17, 15) is 4.79 Å². The summed E-state index contributed by atoms with van der Waals surface area (Å²) in [6.45, 7) is 2.64. The molecule has 2 aromatic heterocycles. The number of para-hydroxylation sites is 2. The summed E-state index contributed by atoms with van der Waals surface area (Å²) < 4.78 is 5.95. The van der Waals surface area contributed by atoms with Gasteiger partial charge in [0.2, 0.25) is 5.91 Å². The van der Waals surface area contributed by atoms with E-state index in [-0.39, 0.29) is 5.91 Å². The smallest absolute Gasteiger partial charge is 0.227 e. The zero-order valence-electron chi connectivity index (χ0n) is 15.1. The van der Waals surface area contributed by atoms with E-state index in [4.69, 9.17) is 4.42 Å². The summed E-state index contributed by atoms with van der Waals surface area (Å²) in [4.78, 5) is 17.8. The van der Waals surface area contributed by atoms with Gasteiger partial charge in [-0.3, -0.25) is 4.79 Å². The highest BCUT2D eigenvalue weighted by molar-refractivity contribution is 5.89. The molecule has 0 aliphatic rings. The molecule has 0 saturated carbocycles. The monoisotopic (exact) mass is 346 g/mol. The van der Waals surface area contributed by atoms with E-state index in [0.29, 0.717) is 13.0 Å². The highest BCUT2D eigenvalue weighted by Gasteiger charge is 2.18. The van der Waals surface area contributed by atoms with Gasteiger partial charge in [0.1, 0.15) is 11.3 Å². The molecule has 1 amide bonds. The molecule has 0 bridgehead atoms. The standard InChI is InChI=1S/C22H22N2O2/c1-3-20-18(17-9-5-7-11-21(17)26-20)14-24(2)22(25)12-15-13-23-19-10-6-4-8-16(15)19/h4-11,13,23H,3,12,14H2,1-2H3. The van der Waals surface area contributed by atoms with Gasteiger partial charge in [-0.15, -0.1) is 0 Å². The number of aromatic amines is 1. The number of furan rings is 1. The summed E-state index contributed by atoms with van der Waals surface area (Å²) >= 11 is 0. The molecule has 0 unspecified atom stereocenters. The Morgan fingerprint density at radius 2 is 1.81 bits per heavy atom. The Morgan fingerprint density at radius 1 is 1.08 bits per heavy atom. The number of nitrogens with one attached hydrogen (secondary N) is 1. The van der Waals surface area contributed by atoms with Gasteiger partial charge in [-0.1, -0.05) is 43.3 Å². The number of likely N-dealkylation sites (N-methyl/N-ethyl adjacent to an activating group) is 1. The van der Waals surface area contributed by atoms with Crippen molar-refractivity contribution >= 4 is 27.8 Å². The highest BCUT2D eigenvalue weighted by Crippen LogP contribution is 2.27. The lowest BCUT2D eigenvalue weighted by Crippen LogP contribution is -2.27. The summed E-state index contributed by atoms with van der Waals surface area (Å²) in [7, 11) is 1.86. The fraction of sp³-hybridized carbons (Fsp3) is 0.227. The molecule has 0 saturated heterocycles. The van der Waals surface area contributed by atoms with Gasteiger partial charge in [0.25, 0.3) is 0 Å². The van der Waals surface area contributed by atoms with Crippen LogP contribution in [0.5, 0.6) is 0 Å². The van der Waals surface area contributed by atoms with Gasteiger partial charge in [0, 0.05) is 48.1 Å². The normalized spacial score (nSPS) is 11.3. The minimum absolute atomic E-state index is 0.0992. The molecular formula is C22H22N2O2. The average molecular weight is 346 g/mol. The van der Waals surface area contributed by atoms with E-state index >= 15 is 0 Å². The minimum atomic E-state index is 0.0992. The maximum Gasteiger partial charge on any atom is 0.227 e. The predicted molar refractivity (Wildman–Crippen MR) is 104 cm³/mol. The molecule has 0 aliphatic carbocycles. The second-order valence-corrected chi connectivity index (χ2v) is 6.64. The molecule has 1 N–H and O–H groups in total. The molecule has 4 heteroatoms. The van der Waals surface area contributed by atoms with Crippen molar-refractivity contribution in [3.05, 3.63) is 71.6 Å². The molecule has 0 radical (unpaired) electrons. The highest BCUT2D eigenvalue weighted by atomic mass is 16.3. The molecule has 4 rings (SSSR count). The van der Waals surface area contributed by atoms with Crippen molar-refractivity contribution in [1.29, 1.82) is 0 Å². The fourth-order valence-corrected chi connectivity index (χ4v) is 3.51. The van der Waals surface area contributed by atoms with Crippen molar-refractivity contribution < 1.29 is 9.21 Å². The van der Waals surface area contributed by atoms with Crippen LogP contribution < -0.4 is 0 Å². The van der Waals surface area contributed by atoms with Gasteiger partial charge in [-0.05, 0) is 17.7 Å². The van der Waals surface area contributed by atoms with E-state index < -0.39 is 0 Å². The Hall–Kier alpha value is -3.01. The number of amides is 1. The first-order valence-corrected chi connectivity index (χ1v) is 8.95. The number of rotatable bonds is 5. The Morgan fingerprint density at radius 3 is 2.62 bits per heavy atom. The Kier molecular flexibility index (Phi) is 4.25. The van der Waals surface area contributed by atoms with Crippen LogP contribution in [0.3, 0.4) is 0 Å². The van der Waals surface area contributed by atoms with Crippen LogP contribution in [0.25, 0.3) is 21.9 Å². The molecular weight excluding hydrogens is 324 g/mol. The Bertz CT molecular complexity index is 1070. The molecule has 0 aliphatic heterocycles. The van der Waals surface area contributed by atoms with Crippen LogP contribution >= 0.6 is 0 Å². The van der Waals surface area contributed by atoms with E-state index in [0.717, 1.165) is 45.2 Å². The molecule has 2 heterocycles. The number of fused-ring (bicyclic) bond motifs is 2. The van der Waals surface area contributed by atoms with E-state index in [1.54, 1.807) is 4.90 Å². The number of carbonyl (C=O) groups excluding carboxylic acids is 1. The fourth-order valence-electron chi connectivity index (χ4n) is 3.51. The summed E-state index contributed by atoms with van der Waals surface area (Å²) in [5.41, 5.74) is 4.09. The van der Waals surface area contributed by atoms with Gasteiger partial charge in [-0.2, -0.15) is 0 Å². The largest absolute Gasteiger partial charge is 0.461 e. The van der Waals surface area contributed by atoms with Crippen molar-refractivity contribution in [1.82, 2.24) is 9.88 Å². The number of benzene rings is 2. The molecule has 0 spiro atoms. The van der Waals surface area contributed by atoms with Crippen LogP contribution in [0.15, 0.2) is 59.1 Å². The average Bonchev–Trinajstić information content (AvgIpc) is 3.23. The topological polar surface area (TPSA) is 49.2 Å². The Balaban J connectivity index is 1.56. The number of aryl methyl sites for hydroxylation is 1. The second-order valence-electron chi connectivity index (χ2n) is 6.64. The third-order valence-corrected chi connectivity index (χ3v) is 4.94. The van der Waals surface area contributed by atoms with Gasteiger partial charge in [0.15, 0.2) is 0 Å². The molecule has 0 atom stereocenters. The van der Waals surface area contributed by atoms with Crippen molar-refractivity contribution in [2.45, 2.75) is 26.3 Å². The van der Waals surface area contributed by atoms with Gasteiger partial charge >= 0.3 is 0 Å². The van der Waals surface area contributed by atoms with E-state index in [2.05, 4.69) is 18.0 Å². The first kappa shape index (κ1) is 16.5. The quantitative estimate of drug-likeness (QED) is 0.570. The van der Waals surface area contributed by atoms with Gasteiger partial charge < -0.3 is 14.3 Å². The number of hydrogen-bond donors (Lipinski definition) is 1.